The van der Waals surface area contributed by atoms with Gasteiger partial charge >= 0.3 is 5.97 Å². The molecule has 0 rings (SSSR count). The monoisotopic (exact) mass is 1140 g/mol. The van der Waals surface area contributed by atoms with Crippen molar-refractivity contribution in [2.24, 2.45) is 93.8 Å². The molecule has 0 aliphatic rings. The normalized spacial score (nSPS) is 13.7. The number of carboxylic acid groups (broad SMARTS) is 1. The molecule has 0 radical (unpaired) electrons. The molecule has 34 N–H and O–H groups in total. The lowest BCUT2D eigenvalue weighted by molar-refractivity contribution is -0.138. The van der Waals surface area contributed by atoms with E-state index in [0.717, 1.165) is 6.92 Å². The van der Waals surface area contributed by atoms with Crippen molar-refractivity contribution in [1.29, 1.82) is 0 Å². The number of guanidine groups is 5. The molecule has 0 aromatic carbocycles. The van der Waals surface area contributed by atoms with Crippen molar-refractivity contribution in [2.75, 3.05) is 52.4 Å². The van der Waals surface area contributed by atoms with Crippen LogP contribution in [0.15, 0.2) is 25.0 Å². The number of unbranched alkanes of at least 4 members (excludes halogenated alkanes) is 1. The zero-order chi connectivity index (χ0) is 60.7. The molecule has 8 amide bonds. The van der Waals surface area contributed by atoms with E-state index in [1.807, 2.05) is 5.32 Å². The molecule has 36 nitrogen and oxygen atoms in total. The third-order valence-corrected chi connectivity index (χ3v) is 11.1. The van der Waals surface area contributed by atoms with Crippen LogP contribution in [0, 0.1) is 0 Å². The summed E-state index contributed by atoms with van der Waals surface area (Å²) in [5.41, 5.74) is 66.6. The van der Waals surface area contributed by atoms with Gasteiger partial charge in [0.2, 0.25) is 47.3 Å². The van der Waals surface area contributed by atoms with Gasteiger partial charge in [-0.2, -0.15) is 0 Å². The molecule has 0 heterocycles. The number of carbonyl (C=O) groups excluding carboxylic acids is 8. The van der Waals surface area contributed by atoms with E-state index in [0.29, 0.717) is 19.3 Å². The fourth-order valence-electron chi connectivity index (χ4n) is 7.04. The molecular weight excluding hydrogens is 1050 g/mol. The van der Waals surface area contributed by atoms with Gasteiger partial charge in [0.05, 0.1) is 18.7 Å². The predicted octanol–water partition coefficient (Wildman–Crippen LogP) is -10.7. The molecule has 0 aliphatic heterocycles. The Bertz CT molecular complexity index is 2140. The Morgan fingerprint density at radius 2 is 0.700 bits per heavy atom. The van der Waals surface area contributed by atoms with Crippen LogP contribution in [0.2, 0.25) is 0 Å². The van der Waals surface area contributed by atoms with Crippen molar-refractivity contribution in [1.82, 2.24) is 42.5 Å². The molecule has 80 heavy (non-hydrogen) atoms. The van der Waals surface area contributed by atoms with Crippen molar-refractivity contribution in [3.8, 4) is 0 Å². The number of carboxylic acids is 1. The number of nitrogens with zero attached hydrogens (tertiary/aromatic N) is 5. The number of carbonyl (C=O) groups is 9. The van der Waals surface area contributed by atoms with Crippen LogP contribution >= 0.6 is 0 Å². The van der Waals surface area contributed by atoms with Crippen molar-refractivity contribution < 1.29 is 53.4 Å². The highest BCUT2D eigenvalue weighted by Crippen LogP contribution is 2.10. The first kappa shape index (κ1) is 71.5. The first-order valence-electron chi connectivity index (χ1n) is 25.7. The Labute approximate surface area is 462 Å². The lowest BCUT2D eigenvalue weighted by Gasteiger charge is -2.28. The second-order valence-electron chi connectivity index (χ2n) is 18.1. The summed E-state index contributed by atoms with van der Waals surface area (Å²) < 4.78 is 0. The average molecular weight is 1140 g/mol. The molecule has 0 fully saturated rings. The summed E-state index contributed by atoms with van der Waals surface area (Å²) in [5, 5.41) is 39.0. The molecular formula is C44H87N25O11. The van der Waals surface area contributed by atoms with Crippen molar-refractivity contribution >= 4 is 83.0 Å². The molecule has 454 valence electrons. The van der Waals surface area contributed by atoms with E-state index in [1.54, 1.807) is 0 Å². The average Bonchev–Trinajstić information content (AvgIpc) is 3.37. The zero-order valence-corrected chi connectivity index (χ0v) is 45.2. The quantitative estimate of drug-likeness (QED) is 0.0153. The van der Waals surface area contributed by atoms with E-state index < -0.39 is 115 Å². The van der Waals surface area contributed by atoms with Gasteiger partial charge in [0.1, 0.15) is 42.8 Å². The zero-order valence-electron chi connectivity index (χ0n) is 45.2. The molecule has 0 spiro atoms. The maximum Gasteiger partial charge on any atom is 0.322 e. The van der Waals surface area contributed by atoms with Gasteiger partial charge in [-0.05, 0) is 96.9 Å². The number of hydrogen-bond donors (Lipinski definition) is 22. The van der Waals surface area contributed by atoms with Crippen LogP contribution in [-0.4, -0.2) is 194 Å². The minimum atomic E-state index is -1.72. The van der Waals surface area contributed by atoms with E-state index in [4.69, 9.17) is 73.9 Å². The first-order valence-corrected chi connectivity index (χ1v) is 25.7. The van der Waals surface area contributed by atoms with Gasteiger partial charge in [-0.25, -0.2) is 0 Å². The van der Waals surface area contributed by atoms with Crippen molar-refractivity contribution in [2.45, 2.75) is 139 Å². The number of aliphatic hydroxyl groups is 1. The van der Waals surface area contributed by atoms with E-state index >= 15 is 0 Å². The highest BCUT2D eigenvalue weighted by atomic mass is 16.4. The van der Waals surface area contributed by atoms with Gasteiger partial charge in [0, 0.05) is 32.7 Å². The van der Waals surface area contributed by atoms with Crippen molar-refractivity contribution in [3.05, 3.63) is 0 Å². The SMILES string of the molecule is C[C@@H](O)[C@H](NC(=O)[C@H](CCCN=C(N)N)NC(=O)[C@H](CCCN=C(N)N)NC(=O)[C@H](CCCN=C(N)N)NC(=O)[C@H](CCCCN)NC(=O)[C@H](CCCN=C(N)N)NC(=O)[C@@H](N)CCCN=C(N)N)C(=O)NCC(=O)NCC(=O)O. The molecule has 36 heteroatoms. The number of aliphatic imine (C=N–C) groups is 5. The smallest absolute Gasteiger partial charge is 0.322 e. The van der Waals surface area contributed by atoms with Crippen LogP contribution in [0.1, 0.15) is 90.4 Å². The van der Waals surface area contributed by atoms with Crippen LogP contribution in [0.4, 0.5) is 0 Å². The van der Waals surface area contributed by atoms with E-state index in [1.165, 1.54) is 0 Å². The highest BCUT2D eigenvalue weighted by Gasteiger charge is 2.34. The summed E-state index contributed by atoms with van der Waals surface area (Å²) in [6.07, 6.45) is -0.510. The van der Waals surface area contributed by atoms with Gasteiger partial charge in [0.15, 0.2) is 29.8 Å². The second-order valence-corrected chi connectivity index (χ2v) is 18.1. The fraction of sp³-hybridized carbons (Fsp3) is 0.682. The molecule has 8 atom stereocenters. The Hall–Kier alpha value is -8.54. The maximum atomic E-state index is 14.4. The summed E-state index contributed by atoms with van der Waals surface area (Å²) in [6, 6.07) is -9.87. The summed E-state index contributed by atoms with van der Waals surface area (Å²) in [6.45, 7) is 0.0892. The molecule has 0 saturated heterocycles. The van der Waals surface area contributed by atoms with Crippen LogP contribution in [0.25, 0.3) is 0 Å². The maximum absolute atomic E-state index is 14.4. The Morgan fingerprint density at radius 3 is 1.00 bits per heavy atom. The fourth-order valence-corrected chi connectivity index (χ4v) is 7.04. The first-order chi connectivity index (χ1) is 37.7. The summed E-state index contributed by atoms with van der Waals surface area (Å²) in [5.74, 6) is -9.73. The van der Waals surface area contributed by atoms with E-state index in [9.17, 15) is 48.3 Å². The molecule has 0 aromatic rings. The summed E-state index contributed by atoms with van der Waals surface area (Å²) >= 11 is 0. The number of rotatable bonds is 42. The number of aliphatic hydroxyl groups excluding tert-OH is 1. The lowest BCUT2D eigenvalue weighted by Crippen LogP contribution is -2.60. The van der Waals surface area contributed by atoms with Crippen LogP contribution in [-0.2, 0) is 43.2 Å². The van der Waals surface area contributed by atoms with Crippen LogP contribution in [0.5, 0.6) is 0 Å². The summed E-state index contributed by atoms with van der Waals surface area (Å²) in [4.78, 5) is 140. The second kappa shape index (κ2) is 40.6. The van der Waals surface area contributed by atoms with Crippen molar-refractivity contribution in [3.63, 3.8) is 0 Å². The molecule has 0 aliphatic carbocycles. The van der Waals surface area contributed by atoms with Gasteiger partial charge in [-0.1, -0.05) is 0 Å². The molecule has 0 saturated carbocycles. The minimum absolute atomic E-state index is 0.00174. The number of nitrogens with two attached hydrogens (primary N) is 12. The molecule has 0 bridgehead atoms. The summed E-state index contributed by atoms with van der Waals surface area (Å²) in [7, 11) is 0. The Kier molecular flexibility index (Phi) is 36.3. The number of amides is 8. The standard InChI is InChI=1S/C44H87N25O11/c1-23(70)32(39(80)63-21-30(71)62-22-31(72)73)69-38(79)29(14-8-20-61-44(55)56)68-37(78)28(13-7-19-60-43(53)54)67-36(77)27(12-6-18-59-42(51)52)66-34(75)25(10-2-3-15-45)65-35(76)26(11-5-17-58-41(49)50)64-33(74)24(46)9-4-16-57-40(47)48/h23-29,32,70H,2-22,45-46H2,1H3,(H,62,71)(H,63,80)(H,64,74)(H,65,76)(H,66,75)(H,67,77)(H,68,78)(H,69,79)(H,72,73)(H4,47,48,57)(H4,49,50,58)(H4,51,52,59)(H4,53,54,60)(H4,55,56,61)/t23-,24+,25+,26+,27+,28+,29+,32+/m1/s1. The van der Waals surface area contributed by atoms with E-state index in [-0.39, 0.29) is 133 Å². The molecule has 0 unspecified atom stereocenters. The third-order valence-electron chi connectivity index (χ3n) is 11.1. The van der Waals surface area contributed by atoms with Gasteiger partial charge < -0.3 is 122 Å². The lowest BCUT2D eigenvalue weighted by atomic mass is 10.0. The Morgan fingerprint density at radius 1 is 0.400 bits per heavy atom. The van der Waals surface area contributed by atoms with Gasteiger partial charge in [-0.15, -0.1) is 0 Å². The third kappa shape index (κ3) is 34.3. The topological polar surface area (TPSA) is 664 Å². The van der Waals surface area contributed by atoms with Crippen LogP contribution < -0.4 is 111 Å². The number of nitrogens with one attached hydrogen (secondary N) is 8. The minimum Gasteiger partial charge on any atom is -0.480 e. The van der Waals surface area contributed by atoms with E-state index in [2.05, 4.69) is 62.2 Å². The van der Waals surface area contributed by atoms with Crippen LogP contribution in [0.3, 0.4) is 0 Å². The Balaban J connectivity index is 7.10. The van der Waals surface area contributed by atoms with Gasteiger partial charge in [0.25, 0.3) is 0 Å². The van der Waals surface area contributed by atoms with Gasteiger partial charge in [-0.3, -0.25) is 68.1 Å². The largest absolute Gasteiger partial charge is 0.480 e. The number of hydrogen-bond acceptors (Lipinski definition) is 17. The number of aliphatic carboxylic acids is 1. The predicted molar refractivity (Wildman–Crippen MR) is 297 cm³/mol. The highest BCUT2D eigenvalue weighted by molar-refractivity contribution is 5.98. The molecule has 0 aromatic heterocycles.